The number of ether oxygens (including phenoxy) is 4. The molecule has 64 heavy (non-hydrogen) atoms. The van der Waals surface area contributed by atoms with Gasteiger partial charge >= 0.3 is 5.97 Å². The van der Waals surface area contributed by atoms with Gasteiger partial charge in [0.15, 0.2) is 5.78 Å². The van der Waals surface area contributed by atoms with Gasteiger partial charge in [-0.25, -0.2) is 4.79 Å². The van der Waals surface area contributed by atoms with Gasteiger partial charge in [-0.15, -0.1) is 0 Å². The molecule has 5 rings (SSSR count). The standard InChI is InChI=1S/C50H77NO13/c1-29-13-11-10-12-14-30(2)42(61-7)28-38-18-15-34(6)50(60,64-38)47(56)48(57)51-22-21-37(27-39(51)49(58)59)36(25-35-16-19-41(53)43(26-35)62-8)17-20-40(52)31(3)24-33(5)45(55)46(63-9)44(54)32(4)23-29/h10-14,24,29,31-32,34-39,41-43,45-46,53,55,60H,15-23,25-28H2,1-9H3,(H,58,59)/b12-10+,13-11+,30-14?,33-24+/t29-,31-,32-,34-,35+,36+,37?,38+,39+,41-,42+,43-,45-,46+,50-/m1/s1. The zero-order valence-electron chi connectivity index (χ0n) is 39.6. The SMILES string of the molecule is CO[C@H]1C[C@@H]2CC[C@@H](C)[C@@](O)(O2)C(=O)C(=O)N2CCC(C[C@H]2C(=O)O)[C@H](C[C@@H]2CC[C@@H](O)[C@H](OC)C2)CCC(=O)[C@H](C)/C=C(\C)[C@@H](O)[C@@H](OC)C(=O)[C@H](C)C[C@H](C)/C=C/C=C/C=C1C. The number of ketones is 3. The number of fused-ring (bicyclic) bond motifs is 19. The molecule has 1 unspecified atom stereocenters. The van der Waals surface area contributed by atoms with Crippen LogP contribution in [0.3, 0.4) is 0 Å². The van der Waals surface area contributed by atoms with E-state index in [1.54, 1.807) is 41.1 Å². The van der Waals surface area contributed by atoms with E-state index < -0.39 is 77.8 Å². The first kappa shape index (κ1) is 53.2. The number of piperidine rings is 1. The summed E-state index contributed by atoms with van der Waals surface area (Å²) in [6.07, 6.45) is 12.1. The minimum Gasteiger partial charge on any atom is -0.480 e. The summed E-state index contributed by atoms with van der Waals surface area (Å²) < 4.78 is 23.1. The van der Waals surface area contributed by atoms with Crippen LogP contribution in [0.1, 0.15) is 119 Å². The Kier molecular flexibility index (Phi) is 20.3. The lowest BCUT2D eigenvalue weighted by Gasteiger charge is -2.44. The molecule has 360 valence electrons. The number of rotatable bonds is 6. The molecule has 4 aliphatic heterocycles. The quantitative estimate of drug-likeness (QED) is 0.180. The number of aliphatic carboxylic acids is 1. The number of carboxylic acids is 1. The molecule has 0 radical (unpaired) electrons. The Morgan fingerprint density at radius 3 is 2.22 bits per heavy atom. The fourth-order valence-corrected chi connectivity index (χ4v) is 10.5. The van der Waals surface area contributed by atoms with Crippen molar-refractivity contribution in [3.63, 3.8) is 0 Å². The third-order valence-corrected chi connectivity index (χ3v) is 14.7. The number of nitrogens with zero attached hydrogens (tertiary/aromatic N) is 1. The molecule has 0 aromatic heterocycles. The lowest BCUT2D eigenvalue weighted by Crippen LogP contribution is -2.61. The molecule has 3 fully saturated rings. The van der Waals surface area contributed by atoms with Crippen LogP contribution >= 0.6 is 0 Å². The van der Waals surface area contributed by atoms with Crippen LogP contribution < -0.4 is 0 Å². The third kappa shape index (κ3) is 13.6. The van der Waals surface area contributed by atoms with E-state index in [-0.39, 0.29) is 60.7 Å². The van der Waals surface area contributed by atoms with E-state index in [0.717, 1.165) is 16.9 Å². The van der Waals surface area contributed by atoms with Crippen molar-refractivity contribution < 1.29 is 63.3 Å². The van der Waals surface area contributed by atoms with Crippen LogP contribution in [0.25, 0.3) is 0 Å². The van der Waals surface area contributed by atoms with Gasteiger partial charge in [0.25, 0.3) is 11.7 Å². The number of amides is 1. The number of carbonyl (C=O) groups excluding carboxylic acids is 4. The molecule has 2 saturated heterocycles. The average molecular weight is 900 g/mol. The zero-order chi connectivity index (χ0) is 47.5. The highest BCUT2D eigenvalue weighted by Crippen LogP contribution is 2.41. The normalized spacial score (nSPS) is 40.5. The molecule has 1 aliphatic carbocycles. The van der Waals surface area contributed by atoms with Gasteiger partial charge in [0.1, 0.15) is 24.0 Å². The maximum absolute atomic E-state index is 14.1. The first-order valence-corrected chi connectivity index (χ1v) is 23.4. The van der Waals surface area contributed by atoms with Crippen molar-refractivity contribution in [2.75, 3.05) is 27.9 Å². The lowest BCUT2D eigenvalue weighted by atomic mass is 9.71. The molecular weight excluding hydrogens is 823 g/mol. The minimum atomic E-state index is -2.46. The monoisotopic (exact) mass is 900 g/mol. The van der Waals surface area contributed by atoms with Crippen molar-refractivity contribution in [3.05, 3.63) is 47.6 Å². The highest BCUT2D eigenvalue weighted by atomic mass is 16.6. The number of aliphatic hydroxyl groups excluding tert-OH is 2. The lowest BCUT2D eigenvalue weighted by molar-refractivity contribution is -0.265. The number of hydrogen-bond acceptors (Lipinski definition) is 12. The van der Waals surface area contributed by atoms with Crippen molar-refractivity contribution in [1.82, 2.24) is 4.90 Å². The van der Waals surface area contributed by atoms with Crippen molar-refractivity contribution in [3.8, 4) is 0 Å². The highest BCUT2D eigenvalue weighted by Gasteiger charge is 2.53. The molecule has 1 saturated carbocycles. The van der Waals surface area contributed by atoms with Crippen LogP contribution in [0, 0.1) is 41.4 Å². The van der Waals surface area contributed by atoms with Crippen molar-refractivity contribution in [2.24, 2.45) is 41.4 Å². The number of aliphatic hydroxyl groups is 3. The van der Waals surface area contributed by atoms with E-state index in [9.17, 15) is 44.4 Å². The molecule has 14 nitrogen and oxygen atoms in total. The third-order valence-electron chi connectivity index (χ3n) is 14.7. The number of methoxy groups -OCH3 is 3. The summed E-state index contributed by atoms with van der Waals surface area (Å²) in [5.41, 5.74) is 1.31. The van der Waals surface area contributed by atoms with Crippen molar-refractivity contribution in [1.29, 1.82) is 0 Å². The topological polar surface area (TPSA) is 206 Å². The Balaban J connectivity index is 1.68. The molecule has 5 aliphatic rings. The van der Waals surface area contributed by atoms with Crippen LogP contribution in [-0.4, -0.2) is 131 Å². The largest absolute Gasteiger partial charge is 0.480 e. The highest BCUT2D eigenvalue weighted by molar-refractivity contribution is 6.39. The Hall–Kier alpha value is -3.37. The molecule has 14 heteroatoms. The van der Waals surface area contributed by atoms with Gasteiger partial charge in [-0.3, -0.25) is 19.2 Å². The summed E-state index contributed by atoms with van der Waals surface area (Å²) in [6.45, 7) is 10.8. The average Bonchev–Trinajstić information content (AvgIpc) is 3.27. The maximum Gasteiger partial charge on any atom is 0.326 e. The van der Waals surface area contributed by atoms with Crippen LogP contribution in [0.4, 0.5) is 0 Å². The number of hydrogen-bond donors (Lipinski definition) is 4. The van der Waals surface area contributed by atoms with Crippen LogP contribution in [-0.2, 0) is 42.9 Å². The van der Waals surface area contributed by atoms with Crippen LogP contribution in [0.15, 0.2) is 47.6 Å². The van der Waals surface area contributed by atoms with E-state index in [4.69, 9.17) is 18.9 Å². The Labute approximate surface area is 380 Å². The smallest absolute Gasteiger partial charge is 0.326 e. The summed E-state index contributed by atoms with van der Waals surface area (Å²) in [5.74, 6) is -8.30. The van der Waals surface area contributed by atoms with E-state index in [1.165, 1.54) is 7.11 Å². The molecule has 0 spiro atoms. The van der Waals surface area contributed by atoms with Gasteiger partial charge in [-0.2, -0.15) is 0 Å². The summed E-state index contributed by atoms with van der Waals surface area (Å²) in [5, 5.41) is 44.3. The molecule has 15 atom stereocenters. The Bertz CT molecular complexity index is 1740. The number of allylic oxidation sites excluding steroid dienone is 6. The van der Waals surface area contributed by atoms with Crippen LogP contribution in [0.2, 0.25) is 0 Å². The first-order valence-electron chi connectivity index (χ1n) is 23.4. The van der Waals surface area contributed by atoms with Gasteiger partial charge in [0.05, 0.1) is 24.4 Å². The van der Waals surface area contributed by atoms with Crippen LogP contribution in [0.5, 0.6) is 0 Å². The Morgan fingerprint density at radius 2 is 1.56 bits per heavy atom. The van der Waals surface area contributed by atoms with Gasteiger partial charge in [-0.05, 0) is 113 Å². The predicted octanol–water partition coefficient (Wildman–Crippen LogP) is 5.95. The minimum absolute atomic E-state index is 0.0285. The second-order valence-electron chi connectivity index (χ2n) is 19.4. The van der Waals surface area contributed by atoms with E-state index in [2.05, 4.69) is 0 Å². The Morgan fingerprint density at radius 1 is 0.844 bits per heavy atom. The number of carboxylic acid groups (broad SMARTS) is 1. The zero-order valence-corrected chi connectivity index (χ0v) is 39.6. The second-order valence-corrected chi connectivity index (χ2v) is 19.4. The van der Waals surface area contributed by atoms with Gasteiger partial charge in [0.2, 0.25) is 5.79 Å². The van der Waals surface area contributed by atoms with Gasteiger partial charge < -0.3 is 44.3 Å². The fourth-order valence-electron chi connectivity index (χ4n) is 10.5. The second kappa shape index (κ2) is 24.4. The summed E-state index contributed by atoms with van der Waals surface area (Å²) in [4.78, 5) is 69.7. The summed E-state index contributed by atoms with van der Waals surface area (Å²) in [6, 6.07) is -1.35. The van der Waals surface area contributed by atoms with Crippen molar-refractivity contribution in [2.45, 2.75) is 167 Å². The molecule has 4 N–H and O–H groups in total. The number of Topliss-reactive ketones (excluding diaryl/α,β-unsaturated/α-hetero) is 3. The molecule has 4 heterocycles. The summed E-state index contributed by atoms with van der Waals surface area (Å²) >= 11 is 0. The molecule has 0 aromatic rings. The molecule has 1 amide bonds. The number of carbonyl (C=O) groups is 5. The van der Waals surface area contributed by atoms with Crippen molar-refractivity contribution >= 4 is 29.2 Å². The van der Waals surface area contributed by atoms with E-state index >= 15 is 0 Å². The van der Waals surface area contributed by atoms with E-state index in [1.807, 2.05) is 51.2 Å². The molecule has 4 bridgehead atoms. The first-order chi connectivity index (χ1) is 30.2. The molecule has 0 aromatic carbocycles. The predicted molar refractivity (Wildman–Crippen MR) is 241 cm³/mol. The molecular formula is C50H77NO13. The summed E-state index contributed by atoms with van der Waals surface area (Å²) in [7, 11) is 4.52. The fraction of sp³-hybridized carbons (Fsp3) is 0.740. The maximum atomic E-state index is 14.1. The van der Waals surface area contributed by atoms with Gasteiger partial charge in [-0.1, -0.05) is 64.2 Å². The van der Waals surface area contributed by atoms with E-state index in [0.29, 0.717) is 63.4 Å². The van der Waals surface area contributed by atoms with Gasteiger partial charge in [0, 0.05) is 58.5 Å².